The Balaban J connectivity index is 1.89. The summed E-state index contributed by atoms with van der Waals surface area (Å²) in [5.41, 5.74) is 1.46. The van der Waals surface area contributed by atoms with Crippen molar-refractivity contribution in [1.29, 1.82) is 5.26 Å². The van der Waals surface area contributed by atoms with Crippen molar-refractivity contribution in [2.45, 2.75) is 18.6 Å². The Labute approximate surface area is 226 Å². The smallest absolute Gasteiger partial charge is 0.412 e. The van der Waals surface area contributed by atoms with Crippen LogP contribution in [0.4, 0.5) is 10.5 Å². The first kappa shape index (κ1) is 28.4. The lowest BCUT2D eigenvalue weighted by Crippen LogP contribution is -2.32. The Hall–Kier alpha value is -4.20. The second kappa shape index (κ2) is 15.1. The number of benzene rings is 3. The molecule has 0 radical (unpaired) electrons. The number of ether oxygens (including phenoxy) is 4. The van der Waals surface area contributed by atoms with Crippen molar-refractivity contribution in [3.05, 3.63) is 90.0 Å². The van der Waals surface area contributed by atoms with Crippen LogP contribution in [0, 0.1) is 11.3 Å². The van der Waals surface area contributed by atoms with Gasteiger partial charge in [0, 0.05) is 12.1 Å². The molecule has 0 saturated carbocycles. The number of hydrogen-bond acceptors (Lipinski definition) is 9. The van der Waals surface area contributed by atoms with Gasteiger partial charge in [-0.2, -0.15) is 17.9 Å². The van der Waals surface area contributed by atoms with E-state index in [1.54, 1.807) is 60.7 Å². The molecule has 10 heteroatoms. The maximum Gasteiger partial charge on any atom is 0.412 e. The molecule has 9 nitrogen and oxygen atoms in total. The number of anilines is 1. The second-order valence-corrected chi connectivity index (χ2v) is 8.24. The van der Waals surface area contributed by atoms with E-state index >= 15 is 0 Å². The highest BCUT2D eigenvalue weighted by molar-refractivity contribution is 7.81. The van der Waals surface area contributed by atoms with Crippen LogP contribution in [0.2, 0.25) is 0 Å². The average molecular weight is 537 g/mol. The SMILES string of the molecule is N#Cc1ccc(NC(=O)O[C@@H](c2cccc(OCCO)c2)[C@H](CCOC(=O)CS)Oc2ccccc2)cc1. The van der Waals surface area contributed by atoms with Crippen LogP contribution in [0.25, 0.3) is 0 Å². The molecule has 3 rings (SSSR count). The highest BCUT2D eigenvalue weighted by Gasteiger charge is 2.30. The van der Waals surface area contributed by atoms with Crippen molar-refractivity contribution >= 4 is 30.4 Å². The lowest BCUT2D eigenvalue weighted by molar-refractivity contribution is -0.141. The fourth-order valence-electron chi connectivity index (χ4n) is 3.47. The molecule has 0 aliphatic rings. The van der Waals surface area contributed by atoms with Crippen LogP contribution in [0.3, 0.4) is 0 Å². The van der Waals surface area contributed by atoms with Crippen LogP contribution >= 0.6 is 12.6 Å². The number of para-hydroxylation sites is 1. The Morgan fingerprint density at radius 2 is 1.71 bits per heavy atom. The van der Waals surface area contributed by atoms with E-state index in [1.807, 2.05) is 24.3 Å². The van der Waals surface area contributed by atoms with Gasteiger partial charge in [0.05, 0.1) is 30.6 Å². The summed E-state index contributed by atoms with van der Waals surface area (Å²) in [6.45, 7) is -0.0557. The molecule has 0 aliphatic carbocycles. The maximum atomic E-state index is 13.0. The van der Waals surface area contributed by atoms with Gasteiger partial charge in [-0.05, 0) is 54.1 Å². The number of rotatable bonds is 13. The van der Waals surface area contributed by atoms with Gasteiger partial charge >= 0.3 is 12.1 Å². The summed E-state index contributed by atoms with van der Waals surface area (Å²) in [5.74, 6) is 0.452. The second-order valence-electron chi connectivity index (χ2n) is 7.92. The van der Waals surface area contributed by atoms with Crippen LogP contribution in [-0.4, -0.2) is 48.8 Å². The third-order valence-corrected chi connectivity index (χ3v) is 5.46. The number of nitrogens with one attached hydrogen (secondary N) is 1. The van der Waals surface area contributed by atoms with E-state index in [2.05, 4.69) is 17.9 Å². The highest BCUT2D eigenvalue weighted by Crippen LogP contribution is 2.30. The molecule has 0 unspecified atom stereocenters. The molecule has 0 aromatic heterocycles. The van der Waals surface area contributed by atoms with Crippen LogP contribution < -0.4 is 14.8 Å². The number of carbonyl (C=O) groups excluding carboxylic acids is 2. The van der Waals surface area contributed by atoms with E-state index in [0.29, 0.717) is 28.3 Å². The highest BCUT2D eigenvalue weighted by atomic mass is 32.1. The molecule has 2 N–H and O–H groups in total. The molecule has 0 bridgehead atoms. The first-order valence-corrected chi connectivity index (χ1v) is 12.4. The van der Waals surface area contributed by atoms with Crippen molar-refractivity contribution in [3.8, 4) is 17.6 Å². The van der Waals surface area contributed by atoms with Gasteiger partial charge < -0.3 is 24.1 Å². The molecule has 2 atom stereocenters. The van der Waals surface area contributed by atoms with E-state index in [0.717, 1.165) is 0 Å². The largest absolute Gasteiger partial charge is 0.491 e. The molecule has 38 heavy (non-hydrogen) atoms. The van der Waals surface area contributed by atoms with Gasteiger partial charge in [-0.25, -0.2) is 4.79 Å². The number of nitrogens with zero attached hydrogens (tertiary/aromatic N) is 1. The van der Waals surface area contributed by atoms with E-state index < -0.39 is 24.3 Å². The minimum Gasteiger partial charge on any atom is -0.491 e. The molecule has 0 spiro atoms. The monoisotopic (exact) mass is 536 g/mol. The Morgan fingerprint density at radius 3 is 2.39 bits per heavy atom. The van der Waals surface area contributed by atoms with E-state index in [-0.39, 0.29) is 32.0 Å². The molecular weight excluding hydrogens is 508 g/mol. The van der Waals surface area contributed by atoms with Gasteiger partial charge in [-0.1, -0.05) is 30.3 Å². The summed E-state index contributed by atoms with van der Waals surface area (Å²) in [6.07, 6.45) is -2.26. The van der Waals surface area contributed by atoms with Crippen molar-refractivity contribution in [1.82, 2.24) is 0 Å². The van der Waals surface area contributed by atoms with Gasteiger partial charge in [0.2, 0.25) is 0 Å². The topological polar surface area (TPSA) is 127 Å². The molecule has 3 aromatic rings. The number of nitriles is 1. The zero-order chi connectivity index (χ0) is 27.2. The van der Waals surface area contributed by atoms with Crippen molar-refractivity contribution in [2.24, 2.45) is 0 Å². The van der Waals surface area contributed by atoms with Crippen LogP contribution in [0.15, 0.2) is 78.9 Å². The molecule has 0 saturated heterocycles. The number of amides is 1. The van der Waals surface area contributed by atoms with E-state index in [4.69, 9.17) is 29.3 Å². The van der Waals surface area contributed by atoms with Gasteiger partial charge in [0.15, 0.2) is 6.10 Å². The Morgan fingerprint density at radius 1 is 0.974 bits per heavy atom. The van der Waals surface area contributed by atoms with Gasteiger partial charge in [0.1, 0.15) is 24.2 Å². The molecule has 0 fully saturated rings. The van der Waals surface area contributed by atoms with Crippen molar-refractivity contribution < 1.29 is 33.6 Å². The zero-order valence-corrected chi connectivity index (χ0v) is 21.4. The zero-order valence-electron chi connectivity index (χ0n) is 20.5. The molecule has 3 aromatic carbocycles. The van der Waals surface area contributed by atoms with Gasteiger partial charge in [-0.3, -0.25) is 10.1 Å². The summed E-state index contributed by atoms with van der Waals surface area (Å²) in [6, 6.07) is 24.2. The van der Waals surface area contributed by atoms with Crippen molar-refractivity contribution in [2.75, 3.05) is 30.9 Å². The van der Waals surface area contributed by atoms with Crippen LogP contribution in [0.5, 0.6) is 11.5 Å². The first-order valence-electron chi connectivity index (χ1n) is 11.8. The normalized spacial score (nSPS) is 11.9. The summed E-state index contributed by atoms with van der Waals surface area (Å²) in [7, 11) is 0. The summed E-state index contributed by atoms with van der Waals surface area (Å²) >= 11 is 3.93. The lowest BCUT2D eigenvalue weighted by atomic mass is 10.0. The van der Waals surface area contributed by atoms with Crippen molar-refractivity contribution in [3.63, 3.8) is 0 Å². The number of carbonyl (C=O) groups is 2. The minimum absolute atomic E-state index is 0.00863. The number of esters is 1. The molecule has 0 aliphatic heterocycles. The fourth-order valence-corrected chi connectivity index (χ4v) is 3.57. The predicted octanol–water partition coefficient (Wildman–Crippen LogP) is 4.53. The third-order valence-electron chi connectivity index (χ3n) is 5.20. The average Bonchev–Trinajstić information content (AvgIpc) is 2.95. The summed E-state index contributed by atoms with van der Waals surface area (Å²) in [5, 5.41) is 20.8. The molecule has 0 heterocycles. The Bertz CT molecular complexity index is 1220. The van der Waals surface area contributed by atoms with Gasteiger partial charge in [0.25, 0.3) is 0 Å². The molecule has 198 valence electrons. The van der Waals surface area contributed by atoms with Crippen LogP contribution in [-0.2, 0) is 14.3 Å². The minimum atomic E-state index is -0.944. The standard InChI is InChI=1S/C28H28N2O7S/c29-18-20-9-11-22(12-10-20)30-28(33)37-27(21-5-4-8-24(17-21)34-16-14-31)25(13-15-35-26(32)19-38)36-23-6-2-1-3-7-23/h1-12,17,25,27,31,38H,13-16,19H2,(H,30,33)/t25-,27-/m0/s1. The maximum absolute atomic E-state index is 13.0. The number of hydrogen-bond donors (Lipinski definition) is 3. The number of thiol groups is 1. The number of aliphatic hydroxyl groups excluding tert-OH is 1. The lowest BCUT2D eigenvalue weighted by Gasteiger charge is -2.28. The van der Waals surface area contributed by atoms with Crippen LogP contribution in [0.1, 0.15) is 23.7 Å². The number of aliphatic hydroxyl groups is 1. The Kier molecular flexibility index (Phi) is 11.3. The molecule has 1 amide bonds. The van der Waals surface area contributed by atoms with Gasteiger partial charge in [-0.15, -0.1) is 0 Å². The van der Waals surface area contributed by atoms with E-state index in [9.17, 15) is 9.59 Å². The predicted molar refractivity (Wildman–Crippen MR) is 143 cm³/mol. The first-order chi connectivity index (χ1) is 18.5. The quantitative estimate of drug-likeness (QED) is 0.215. The fraction of sp³-hybridized carbons (Fsp3) is 0.250. The third kappa shape index (κ3) is 9.03. The molecular formula is C28H28N2O7S. The van der Waals surface area contributed by atoms with E-state index in [1.165, 1.54) is 0 Å². The summed E-state index contributed by atoms with van der Waals surface area (Å²) < 4.78 is 22.8. The summed E-state index contributed by atoms with van der Waals surface area (Å²) in [4.78, 5) is 24.7.